The van der Waals surface area contributed by atoms with Crippen LogP contribution < -0.4 is 5.32 Å². The van der Waals surface area contributed by atoms with Gasteiger partial charge < -0.3 is 10.2 Å². The van der Waals surface area contributed by atoms with Crippen molar-refractivity contribution in [1.82, 2.24) is 10.2 Å². The Labute approximate surface area is 132 Å². The molecule has 0 saturated carbocycles. The van der Waals surface area contributed by atoms with Crippen molar-refractivity contribution in [1.29, 1.82) is 0 Å². The minimum Gasteiger partial charge on any atom is -0.341 e. The molecule has 0 aromatic heterocycles. The van der Waals surface area contributed by atoms with Gasteiger partial charge >= 0.3 is 0 Å². The van der Waals surface area contributed by atoms with Crippen molar-refractivity contribution in [2.45, 2.75) is 30.7 Å². The van der Waals surface area contributed by atoms with Crippen LogP contribution in [0.5, 0.6) is 0 Å². The van der Waals surface area contributed by atoms with Gasteiger partial charge in [-0.3, -0.25) is 4.79 Å². The number of carbonyl (C=O) groups excluding carboxylic acids is 1. The number of amides is 1. The van der Waals surface area contributed by atoms with Crippen LogP contribution >= 0.6 is 0 Å². The van der Waals surface area contributed by atoms with Gasteiger partial charge in [-0.2, -0.15) is 0 Å². The molecule has 0 unspecified atom stereocenters. The highest BCUT2D eigenvalue weighted by molar-refractivity contribution is 7.90. The smallest absolute Gasteiger partial charge is 0.210 e. The van der Waals surface area contributed by atoms with Crippen LogP contribution in [0, 0.1) is 5.92 Å². The SMILES string of the molecule is CS(=O)(=O)c1ccc(CN(C=O)CCC2CCNCC2)cc1. The Bertz CT molecular complexity index is 578. The Morgan fingerprint density at radius 1 is 1.23 bits per heavy atom. The van der Waals surface area contributed by atoms with E-state index in [0.29, 0.717) is 17.4 Å². The third kappa shape index (κ3) is 5.10. The monoisotopic (exact) mass is 324 g/mol. The maximum absolute atomic E-state index is 11.4. The zero-order valence-corrected chi connectivity index (χ0v) is 13.8. The van der Waals surface area contributed by atoms with E-state index in [0.717, 1.165) is 38.0 Å². The zero-order valence-electron chi connectivity index (χ0n) is 13.0. The summed E-state index contributed by atoms with van der Waals surface area (Å²) in [7, 11) is -3.17. The summed E-state index contributed by atoms with van der Waals surface area (Å²) < 4.78 is 22.9. The summed E-state index contributed by atoms with van der Waals surface area (Å²) in [5.41, 5.74) is 0.949. The highest BCUT2D eigenvalue weighted by Gasteiger charge is 2.14. The van der Waals surface area contributed by atoms with Crippen LogP contribution in [-0.2, 0) is 21.2 Å². The second-order valence-electron chi connectivity index (χ2n) is 5.97. The van der Waals surface area contributed by atoms with E-state index in [1.807, 2.05) is 0 Å². The first kappa shape index (κ1) is 17.0. The molecule has 22 heavy (non-hydrogen) atoms. The minimum absolute atomic E-state index is 0.309. The van der Waals surface area contributed by atoms with E-state index in [1.165, 1.54) is 19.1 Å². The quantitative estimate of drug-likeness (QED) is 0.771. The lowest BCUT2D eigenvalue weighted by atomic mass is 9.94. The number of piperidine rings is 1. The van der Waals surface area contributed by atoms with E-state index in [-0.39, 0.29) is 0 Å². The number of rotatable bonds is 7. The molecule has 1 heterocycles. The van der Waals surface area contributed by atoms with Gasteiger partial charge in [0.05, 0.1) is 4.90 Å². The molecule has 0 spiro atoms. The molecular weight excluding hydrogens is 300 g/mol. The van der Waals surface area contributed by atoms with Gasteiger partial charge in [-0.05, 0) is 56.0 Å². The van der Waals surface area contributed by atoms with Gasteiger partial charge in [0.25, 0.3) is 0 Å². The second kappa shape index (κ2) is 7.74. The summed E-state index contributed by atoms with van der Waals surface area (Å²) in [5.74, 6) is 0.691. The molecule has 5 nitrogen and oxygen atoms in total. The average Bonchev–Trinajstić information content (AvgIpc) is 2.52. The van der Waals surface area contributed by atoms with Gasteiger partial charge in [-0.15, -0.1) is 0 Å². The first-order valence-electron chi connectivity index (χ1n) is 7.68. The minimum atomic E-state index is -3.17. The van der Waals surface area contributed by atoms with Gasteiger partial charge in [0, 0.05) is 19.3 Å². The molecular formula is C16H24N2O3S. The maximum atomic E-state index is 11.4. The van der Waals surface area contributed by atoms with Gasteiger partial charge in [0.15, 0.2) is 9.84 Å². The Morgan fingerprint density at radius 3 is 2.41 bits per heavy atom. The van der Waals surface area contributed by atoms with Crippen LogP contribution in [-0.4, -0.2) is 45.6 Å². The number of hydrogen-bond acceptors (Lipinski definition) is 4. The van der Waals surface area contributed by atoms with Crippen LogP contribution in [0.15, 0.2) is 29.2 Å². The molecule has 1 aliphatic heterocycles. The number of nitrogens with zero attached hydrogens (tertiary/aromatic N) is 1. The lowest BCUT2D eigenvalue weighted by Crippen LogP contribution is -2.31. The Hall–Kier alpha value is -1.40. The number of nitrogens with one attached hydrogen (secondary N) is 1. The molecule has 1 amide bonds. The largest absolute Gasteiger partial charge is 0.341 e. The third-order valence-electron chi connectivity index (χ3n) is 4.17. The molecule has 122 valence electrons. The molecule has 0 aliphatic carbocycles. The lowest BCUT2D eigenvalue weighted by molar-refractivity contribution is -0.118. The Kier molecular flexibility index (Phi) is 5.97. The van der Waals surface area contributed by atoms with Gasteiger partial charge in [-0.1, -0.05) is 12.1 Å². The normalized spacial score (nSPS) is 16.4. The predicted molar refractivity (Wildman–Crippen MR) is 86.2 cm³/mol. The average molecular weight is 324 g/mol. The number of benzene rings is 1. The van der Waals surface area contributed by atoms with E-state index >= 15 is 0 Å². The predicted octanol–water partition coefficient (Wildman–Crippen LogP) is 1.44. The molecule has 1 saturated heterocycles. The van der Waals surface area contributed by atoms with Crippen LogP contribution in [0.1, 0.15) is 24.8 Å². The summed E-state index contributed by atoms with van der Waals surface area (Å²) in [4.78, 5) is 13.3. The van der Waals surface area contributed by atoms with Crippen molar-refractivity contribution in [3.05, 3.63) is 29.8 Å². The van der Waals surface area contributed by atoms with Gasteiger partial charge in [-0.25, -0.2) is 8.42 Å². The molecule has 1 aromatic carbocycles. The van der Waals surface area contributed by atoms with E-state index in [1.54, 1.807) is 29.2 Å². The summed E-state index contributed by atoms with van der Waals surface area (Å²) in [6.07, 6.45) is 5.46. The second-order valence-corrected chi connectivity index (χ2v) is 7.99. The van der Waals surface area contributed by atoms with Crippen LogP contribution in [0.25, 0.3) is 0 Å². The molecule has 1 fully saturated rings. The van der Waals surface area contributed by atoms with Crippen molar-refractivity contribution >= 4 is 16.2 Å². The highest BCUT2D eigenvalue weighted by atomic mass is 32.2. The van der Waals surface area contributed by atoms with E-state index in [4.69, 9.17) is 0 Å². The fourth-order valence-electron chi connectivity index (χ4n) is 2.76. The first-order chi connectivity index (χ1) is 10.5. The Morgan fingerprint density at radius 2 is 1.86 bits per heavy atom. The first-order valence-corrected chi connectivity index (χ1v) is 9.57. The van der Waals surface area contributed by atoms with Crippen LogP contribution in [0.4, 0.5) is 0 Å². The van der Waals surface area contributed by atoms with E-state index in [9.17, 15) is 13.2 Å². The molecule has 0 radical (unpaired) electrons. The van der Waals surface area contributed by atoms with Crippen molar-refractivity contribution in [3.8, 4) is 0 Å². The summed E-state index contributed by atoms with van der Waals surface area (Å²) >= 11 is 0. The molecule has 2 rings (SSSR count). The van der Waals surface area contributed by atoms with Crippen LogP contribution in [0.2, 0.25) is 0 Å². The van der Waals surface area contributed by atoms with E-state index < -0.39 is 9.84 Å². The summed E-state index contributed by atoms with van der Waals surface area (Å²) in [6, 6.07) is 6.75. The summed E-state index contributed by atoms with van der Waals surface area (Å²) in [6.45, 7) is 3.41. The molecule has 0 bridgehead atoms. The van der Waals surface area contributed by atoms with Crippen molar-refractivity contribution in [3.63, 3.8) is 0 Å². The number of hydrogen-bond donors (Lipinski definition) is 1. The molecule has 0 atom stereocenters. The molecule has 1 aromatic rings. The molecule has 1 aliphatic rings. The number of carbonyl (C=O) groups is 1. The van der Waals surface area contributed by atoms with E-state index in [2.05, 4.69) is 5.32 Å². The lowest BCUT2D eigenvalue weighted by Gasteiger charge is -2.25. The van der Waals surface area contributed by atoms with Gasteiger partial charge in [0.2, 0.25) is 6.41 Å². The van der Waals surface area contributed by atoms with Crippen molar-refractivity contribution in [2.24, 2.45) is 5.92 Å². The Balaban J connectivity index is 1.88. The highest BCUT2D eigenvalue weighted by Crippen LogP contribution is 2.17. The molecule has 1 N–H and O–H groups in total. The third-order valence-corrected chi connectivity index (χ3v) is 5.30. The fourth-order valence-corrected chi connectivity index (χ4v) is 3.39. The van der Waals surface area contributed by atoms with Crippen LogP contribution in [0.3, 0.4) is 0 Å². The number of sulfone groups is 1. The standard InChI is InChI=1S/C16H24N2O3S/c1-22(20,21)16-4-2-15(3-5-16)12-18(13-19)11-8-14-6-9-17-10-7-14/h2-5,13-14,17H,6-12H2,1H3. The maximum Gasteiger partial charge on any atom is 0.210 e. The fraction of sp³-hybridized carbons (Fsp3) is 0.562. The van der Waals surface area contributed by atoms with Gasteiger partial charge in [0.1, 0.15) is 0 Å². The summed E-state index contributed by atoms with van der Waals surface area (Å²) in [5, 5.41) is 3.34. The molecule has 6 heteroatoms. The zero-order chi connectivity index (χ0) is 16.0. The topological polar surface area (TPSA) is 66.5 Å². The van der Waals surface area contributed by atoms with Crippen molar-refractivity contribution < 1.29 is 13.2 Å². The van der Waals surface area contributed by atoms with Crippen molar-refractivity contribution in [2.75, 3.05) is 25.9 Å².